The number of aromatic nitrogens is 1. The number of ether oxygens (including phenoxy) is 2. The molecule has 5 nitrogen and oxygen atoms in total. The zero-order chi connectivity index (χ0) is 18.0. The van der Waals surface area contributed by atoms with Gasteiger partial charge in [-0.1, -0.05) is 6.58 Å². The third-order valence-electron chi connectivity index (χ3n) is 4.48. The van der Waals surface area contributed by atoms with Crippen molar-refractivity contribution in [3.05, 3.63) is 30.6 Å². The number of pyridine rings is 1. The zero-order valence-corrected chi connectivity index (χ0v) is 15.5. The first-order chi connectivity index (χ1) is 11.8. The molecule has 2 aliphatic rings. The zero-order valence-electron chi connectivity index (χ0n) is 15.5. The number of nitrogens with zero attached hydrogens (tertiary/aromatic N) is 2. The molecule has 1 aliphatic heterocycles. The first-order valence-electron chi connectivity index (χ1n) is 9.14. The summed E-state index contributed by atoms with van der Waals surface area (Å²) in [6, 6.07) is 1.81. The third kappa shape index (κ3) is 4.53. The molecular formula is C20H28N2O3. The van der Waals surface area contributed by atoms with Gasteiger partial charge in [0.25, 0.3) is 0 Å². The summed E-state index contributed by atoms with van der Waals surface area (Å²) in [4.78, 5) is 18.7. The van der Waals surface area contributed by atoms with Crippen LogP contribution in [0.2, 0.25) is 0 Å². The lowest BCUT2D eigenvalue weighted by Gasteiger charge is -2.38. The molecule has 1 saturated carbocycles. The van der Waals surface area contributed by atoms with Crippen LogP contribution < -0.4 is 4.74 Å². The summed E-state index contributed by atoms with van der Waals surface area (Å²) in [6.07, 6.45) is 8.71. The van der Waals surface area contributed by atoms with E-state index in [1.54, 1.807) is 12.4 Å². The molecule has 5 heteroatoms. The highest BCUT2D eigenvalue weighted by Gasteiger charge is 2.34. The van der Waals surface area contributed by atoms with Crippen molar-refractivity contribution < 1.29 is 14.3 Å². The lowest BCUT2D eigenvalue weighted by atomic mass is 9.92. The molecule has 1 saturated heterocycles. The van der Waals surface area contributed by atoms with Crippen LogP contribution in [-0.4, -0.2) is 40.3 Å². The molecule has 0 unspecified atom stereocenters. The third-order valence-corrected chi connectivity index (χ3v) is 4.48. The highest BCUT2D eigenvalue weighted by atomic mass is 16.6. The van der Waals surface area contributed by atoms with Crippen LogP contribution in [0.5, 0.6) is 5.75 Å². The molecule has 0 radical (unpaired) electrons. The van der Waals surface area contributed by atoms with Crippen molar-refractivity contribution in [1.29, 1.82) is 0 Å². The average Bonchev–Trinajstić information content (AvgIpc) is 3.37. The molecule has 1 amide bonds. The van der Waals surface area contributed by atoms with Gasteiger partial charge in [0, 0.05) is 24.5 Å². The molecule has 2 heterocycles. The first-order valence-corrected chi connectivity index (χ1v) is 9.14. The van der Waals surface area contributed by atoms with Crippen LogP contribution in [0.1, 0.15) is 58.4 Å². The van der Waals surface area contributed by atoms with Crippen LogP contribution in [0.15, 0.2) is 25.0 Å². The number of carbonyl (C=O) groups is 1. The van der Waals surface area contributed by atoms with Crippen molar-refractivity contribution in [1.82, 2.24) is 9.88 Å². The van der Waals surface area contributed by atoms with Gasteiger partial charge in [-0.15, -0.1) is 0 Å². The molecule has 3 rings (SSSR count). The van der Waals surface area contributed by atoms with Crippen molar-refractivity contribution in [2.45, 2.75) is 70.6 Å². The van der Waals surface area contributed by atoms with Gasteiger partial charge in [0.2, 0.25) is 0 Å². The van der Waals surface area contributed by atoms with Gasteiger partial charge in [0.1, 0.15) is 11.4 Å². The Labute approximate surface area is 150 Å². The second kappa shape index (κ2) is 7.06. The van der Waals surface area contributed by atoms with E-state index in [-0.39, 0.29) is 12.1 Å². The minimum Gasteiger partial charge on any atom is -0.490 e. The smallest absolute Gasteiger partial charge is 0.410 e. The van der Waals surface area contributed by atoms with E-state index in [0.29, 0.717) is 12.6 Å². The molecule has 0 N–H and O–H groups in total. The van der Waals surface area contributed by atoms with E-state index in [0.717, 1.165) is 49.0 Å². The van der Waals surface area contributed by atoms with Gasteiger partial charge in [-0.25, -0.2) is 4.79 Å². The Morgan fingerprint density at radius 1 is 1.28 bits per heavy atom. The van der Waals surface area contributed by atoms with E-state index >= 15 is 0 Å². The van der Waals surface area contributed by atoms with Crippen LogP contribution in [-0.2, 0) is 4.74 Å². The van der Waals surface area contributed by atoms with Gasteiger partial charge in [0.15, 0.2) is 0 Å². The van der Waals surface area contributed by atoms with Crippen LogP contribution in [0.3, 0.4) is 0 Å². The minimum absolute atomic E-state index is 0.0747. The SMILES string of the molecule is C=C(c1cnccc1OC1CC1)[C@H]1CCCCN1C(=O)OC(C)(C)C. The van der Waals surface area contributed by atoms with Crippen molar-refractivity contribution in [3.8, 4) is 5.75 Å². The fourth-order valence-electron chi connectivity index (χ4n) is 3.10. The molecule has 1 aromatic heterocycles. The van der Waals surface area contributed by atoms with Crippen LogP contribution >= 0.6 is 0 Å². The topological polar surface area (TPSA) is 51.7 Å². The maximum Gasteiger partial charge on any atom is 0.410 e. The molecule has 0 spiro atoms. The van der Waals surface area contributed by atoms with Gasteiger partial charge in [-0.05, 0) is 64.5 Å². The highest BCUT2D eigenvalue weighted by molar-refractivity contribution is 5.77. The summed E-state index contributed by atoms with van der Waals surface area (Å²) in [5.41, 5.74) is 1.28. The Morgan fingerprint density at radius 3 is 2.72 bits per heavy atom. The van der Waals surface area contributed by atoms with Crippen molar-refractivity contribution >= 4 is 11.7 Å². The molecule has 136 valence electrons. The van der Waals surface area contributed by atoms with Crippen molar-refractivity contribution in [2.24, 2.45) is 0 Å². The standard InChI is InChI=1S/C20H28N2O3/c1-14(16-13-21-11-10-18(16)24-15-8-9-15)17-7-5-6-12-22(17)19(23)25-20(2,3)4/h10-11,13,15,17H,1,5-9,12H2,2-4H3/t17-/m1/s1. The monoisotopic (exact) mass is 344 g/mol. The molecule has 2 fully saturated rings. The van der Waals surface area contributed by atoms with Gasteiger partial charge < -0.3 is 14.4 Å². The first kappa shape index (κ1) is 17.8. The van der Waals surface area contributed by atoms with Crippen molar-refractivity contribution in [2.75, 3.05) is 6.54 Å². The summed E-state index contributed by atoms with van der Waals surface area (Å²) in [7, 11) is 0. The molecule has 0 bridgehead atoms. The fourth-order valence-corrected chi connectivity index (χ4v) is 3.10. The molecule has 25 heavy (non-hydrogen) atoms. The molecular weight excluding hydrogens is 316 g/mol. The van der Waals surface area contributed by atoms with E-state index in [4.69, 9.17) is 9.47 Å². The Hall–Kier alpha value is -2.04. The van der Waals surface area contributed by atoms with Gasteiger partial charge in [-0.2, -0.15) is 0 Å². The highest BCUT2D eigenvalue weighted by Crippen LogP contribution is 2.36. The summed E-state index contributed by atoms with van der Waals surface area (Å²) in [5, 5.41) is 0. The molecule has 1 aliphatic carbocycles. The fraction of sp³-hybridized carbons (Fsp3) is 0.600. The maximum atomic E-state index is 12.6. The Bertz CT molecular complexity index is 647. The van der Waals surface area contributed by atoms with Crippen LogP contribution in [0, 0.1) is 0 Å². The molecule has 1 aromatic rings. The Morgan fingerprint density at radius 2 is 2.04 bits per heavy atom. The van der Waals surface area contributed by atoms with E-state index in [2.05, 4.69) is 11.6 Å². The maximum absolute atomic E-state index is 12.6. The minimum atomic E-state index is -0.505. The van der Waals surface area contributed by atoms with Gasteiger partial charge >= 0.3 is 6.09 Å². The van der Waals surface area contributed by atoms with E-state index < -0.39 is 5.60 Å². The van der Waals surface area contributed by atoms with E-state index in [9.17, 15) is 4.79 Å². The predicted molar refractivity (Wildman–Crippen MR) is 97.5 cm³/mol. The summed E-state index contributed by atoms with van der Waals surface area (Å²) in [5.74, 6) is 0.817. The van der Waals surface area contributed by atoms with Crippen molar-refractivity contribution in [3.63, 3.8) is 0 Å². The molecule has 0 aromatic carbocycles. The number of rotatable bonds is 4. The van der Waals surface area contributed by atoms with E-state index in [1.807, 2.05) is 31.7 Å². The predicted octanol–water partition coefficient (Wildman–Crippen LogP) is 4.43. The number of likely N-dealkylation sites (tertiary alicyclic amines) is 1. The largest absolute Gasteiger partial charge is 0.490 e. The number of carbonyl (C=O) groups excluding carboxylic acids is 1. The van der Waals surface area contributed by atoms with Crippen LogP contribution in [0.4, 0.5) is 4.79 Å². The number of hydrogen-bond donors (Lipinski definition) is 0. The number of piperidine rings is 1. The lowest BCUT2D eigenvalue weighted by molar-refractivity contribution is 0.0158. The van der Waals surface area contributed by atoms with Crippen LogP contribution in [0.25, 0.3) is 5.57 Å². The average molecular weight is 344 g/mol. The summed E-state index contributed by atoms with van der Waals surface area (Å²) >= 11 is 0. The van der Waals surface area contributed by atoms with Gasteiger partial charge in [0.05, 0.1) is 12.1 Å². The summed E-state index contributed by atoms with van der Waals surface area (Å²) in [6.45, 7) is 10.7. The quantitative estimate of drug-likeness (QED) is 0.811. The Balaban J connectivity index is 1.80. The second-order valence-corrected chi connectivity index (χ2v) is 7.90. The van der Waals surface area contributed by atoms with Gasteiger partial charge in [-0.3, -0.25) is 4.98 Å². The Kier molecular flexibility index (Phi) is 5.02. The van der Waals surface area contributed by atoms with E-state index in [1.165, 1.54) is 0 Å². The summed E-state index contributed by atoms with van der Waals surface area (Å²) < 4.78 is 11.6. The number of amides is 1. The number of hydrogen-bond acceptors (Lipinski definition) is 4. The second-order valence-electron chi connectivity index (χ2n) is 7.90. The normalized spacial score (nSPS) is 20.9. The lowest BCUT2D eigenvalue weighted by Crippen LogP contribution is -2.46. The molecule has 1 atom stereocenters.